The molecule has 0 fully saturated rings. The SMILES string of the molecule is CCC/C=C(Cl)/N=C(/Oc1ccccc1)c1ccc(C)[nH]1. The molecule has 0 radical (unpaired) electrons. The first-order valence-electron chi connectivity index (χ1n) is 7.02. The highest BCUT2D eigenvalue weighted by atomic mass is 35.5. The molecule has 0 amide bonds. The normalized spacial score (nSPS) is 12.5. The van der Waals surface area contributed by atoms with Gasteiger partial charge in [-0.15, -0.1) is 0 Å². The molecule has 110 valence electrons. The van der Waals surface area contributed by atoms with Gasteiger partial charge in [-0.2, -0.15) is 4.99 Å². The molecule has 3 nitrogen and oxygen atoms in total. The fraction of sp³-hybridized carbons (Fsp3) is 0.235. The van der Waals surface area contributed by atoms with E-state index in [-0.39, 0.29) is 0 Å². The Morgan fingerprint density at radius 2 is 2.00 bits per heavy atom. The monoisotopic (exact) mass is 302 g/mol. The third-order valence-electron chi connectivity index (χ3n) is 2.83. The van der Waals surface area contributed by atoms with Crippen LogP contribution in [0.15, 0.2) is 58.7 Å². The Kier molecular flexibility index (Phi) is 5.64. The Labute approximate surface area is 130 Å². The van der Waals surface area contributed by atoms with Crippen molar-refractivity contribution in [3.63, 3.8) is 0 Å². The quantitative estimate of drug-likeness (QED) is 0.469. The number of aliphatic imine (C=N–C) groups is 1. The zero-order valence-corrected chi connectivity index (χ0v) is 13.0. The van der Waals surface area contributed by atoms with E-state index in [0.717, 1.165) is 30.0 Å². The van der Waals surface area contributed by atoms with E-state index in [0.29, 0.717) is 11.1 Å². The minimum Gasteiger partial charge on any atom is -0.437 e. The first-order chi connectivity index (χ1) is 10.2. The van der Waals surface area contributed by atoms with Crippen molar-refractivity contribution in [3.05, 3.63) is 65.1 Å². The molecule has 1 aromatic carbocycles. The maximum absolute atomic E-state index is 6.16. The molecule has 0 bridgehead atoms. The first kappa shape index (κ1) is 15.4. The van der Waals surface area contributed by atoms with Crippen molar-refractivity contribution in [2.45, 2.75) is 26.7 Å². The van der Waals surface area contributed by atoms with E-state index in [9.17, 15) is 0 Å². The molecule has 21 heavy (non-hydrogen) atoms. The zero-order valence-electron chi connectivity index (χ0n) is 12.3. The van der Waals surface area contributed by atoms with Gasteiger partial charge >= 0.3 is 0 Å². The van der Waals surface area contributed by atoms with Crippen molar-refractivity contribution in [2.24, 2.45) is 4.99 Å². The standard InChI is InChI=1S/C17H19ClN2O/c1-3-4-10-16(18)20-17(15-12-11-13(2)19-15)21-14-8-6-5-7-9-14/h5-12,19H,3-4H2,1-2H3/b16-10+,20-17+. The van der Waals surface area contributed by atoms with Gasteiger partial charge in [-0.3, -0.25) is 0 Å². The van der Waals surface area contributed by atoms with E-state index in [1.165, 1.54) is 0 Å². The molecular formula is C17H19ClN2O. The molecule has 0 aliphatic heterocycles. The largest absolute Gasteiger partial charge is 0.437 e. The third-order valence-corrected chi connectivity index (χ3v) is 3.07. The van der Waals surface area contributed by atoms with Crippen molar-refractivity contribution < 1.29 is 4.74 Å². The van der Waals surface area contributed by atoms with Crippen molar-refractivity contribution in [1.29, 1.82) is 0 Å². The number of aromatic amines is 1. The summed E-state index contributed by atoms with van der Waals surface area (Å²) in [5.41, 5.74) is 1.85. The number of hydrogen-bond donors (Lipinski definition) is 1. The van der Waals surface area contributed by atoms with Crippen molar-refractivity contribution in [2.75, 3.05) is 0 Å². The summed E-state index contributed by atoms with van der Waals surface area (Å²) in [6, 6.07) is 13.5. The average Bonchev–Trinajstić information content (AvgIpc) is 2.92. The number of nitrogens with one attached hydrogen (secondary N) is 1. The summed E-state index contributed by atoms with van der Waals surface area (Å²) in [7, 11) is 0. The highest BCUT2D eigenvalue weighted by molar-refractivity contribution is 6.30. The van der Waals surface area contributed by atoms with Crippen LogP contribution in [0, 0.1) is 6.92 Å². The average molecular weight is 303 g/mol. The van der Waals surface area contributed by atoms with Gasteiger partial charge in [0.15, 0.2) is 0 Å². The Bertz CT molecular complexity index is 629. The number of aromatic nitrogens is 1. The second-order valence-corrected chi connectivity index (χ2v) is 5.09. The second-order valence-electron chi connectivity index (χ2n) is 4.70. The summed E-state index contributed by atoms with van der Waals surface area (Å²) in [5.74, 6) is 1.19. The molecule has 1 heterocycles. The van der Waals surface area contributed by atoms with Crippen LogP contribution in [0.3, 0.4) is 0 Å². The van der Waals surface area contributed by atoms with Crippen molar-refractivity contribution in [3.8, 4) is 5.75 Å². The molecule has 1 N–H and O–H groups in total. The van der Waals surface area contributed by atoms with E-state index in [4.69, 9.17) is 16.3 Å². The highest BCUT2D eigenvalue weighted by Gasteiger charge is 2.09. The Hall–Kier alpha value is -2.00. The molecule has 0 spiro atoms. The van der Waals surface area contributed by atoms with Gasteiger partial charge in [0.05, 0.1) is 0 Å². The number of aryl methyl sites for hydroxylation is 1. The van der Waals surface area contributed by atoms with Gasteiger partial charge in [0, 0.05) is 5.69 Å². The number of benzene rings is 1. The minimum absolute atomic E-state index is 0.440. The predicted octanol–water partition coefficient (Wildman–Crippen LogP) is 5.03. The number of nitrogens with zero attached hydrogens (tertiary/aromatic N) is 1. The molecule has 0 aliphatic carbocycles. The molecule has 0 aliphatic rings. The summed E-state index contributed by atoms with van der Waals surface area (Å²) in [6.45, 7) is 4.08. The van der Waals surface area contributed by atoms with E-state index in [2.05, 4.69) is 16.9 Å². The predicted molar refractivity (Wildman–Crippen MR) is 88.0 cm³/mol. The van der Waals surface area contributed by atoms with E-state index >= 15 is 0 Å². The van der Waals surface area contributed by atoms with Crippen LogP contribution in [0.4, 0.5) is 0 Å². The van der Waals surface area contributed by atoms with E-state index in [1.54, 1.807) is 0 Å². The van der Waals surface area contributed by atoms with Gasteiger partial charge in [-0.1, -0.05) is 43.1 Å². The van der Waals surface area contributed by atoms with Crippen LogP contribution in [0.25, 0.3) is 0 Å². The van der Waals surface area contributed by atoms with Gasteiger partial charge in [0.2, 0.25) is 5.90 Å². The molecule has 0 unspecified atom stereocenters. The Balaban J connectivity index is 2.28. The van der Waals surface area contributed by atoms with Gasteiger partial charge in [0.1, 0.15) is 16.6 Å². The summed E-state index contributed by atoms with van der Waals surface area (Å²) in [6.07, 6.45) is 3.82. The molecular weight excluding hydrogens is 284 g/mol. The van der Waals surface area contributed by atoms with E-state index in [1.807, 2.05) is 55.5 Å². The summed E-state index contributed by atoms with van der Waals surface area (Å²) in [5, 5.41) is 0.440. The summed E-state index contributed by atoms with van der Waals surface area (Å²) in [4.78, 5) is 7.60. The number of unbranched alkanes of at least 4 members (excludes halogenated alkanes) is 1. The number of H-pyrrole nitrogens is 1. The third kappa shape index (κ3) is 4.80. The second kappa shape index (κ2) is 7.70. The van der Waals surface area contributed by atoms with Gasteiger partial charge in [-0.05, 0) is 43.7 Å². The molecule has 0 saturated carbocycles. The summed E-state index contributed by atoms with van der Waals surface area (Å²) < 4.78 is 5.86. The number of rotatable bonds is 5. The van der Waals surface area contributed by atoms with Crippen LogP contribution in [0.1, 0.15) is 31.2 Å². The number of hydrogen-bond acceptors (Lipinski definition) is 2. The maximum Gasteiger partial charge on any atom is 0.244 e. The van der Waals surface area contributed by atoms with Crippen LogP contribution in [0.2, 0.25) is 0 Å². The smallest absolute Gasteiger partial charge is 0.244 e. The lowest BCUT2D eigenvalue weighted by molar-refractivity contribution is 0.550. The number of halogens is 1. The zero-order chi connectivity index (χ0) is 15.1. The van der Waals surface area contributed by atoms with Crippen LogP contribution in [0.5, 0.6) is 5.75 Å². The molecule has 4 heteroatoms. The Morgan fingerprint density at radius 1 is 1.24 bits per heavy atom. The lowest BCUT2D eigenvalue weighted by atomic mass is 10.3. The Morgan fingerprint density at radius 3 is 2.62 bits per heavy atom. The first-order valence-corrected chi connectivity index (χ1v) is 7.40. The maximum atomic E-state index is 6.16. The van der Waals surface area contributed by atoms with Crippen LogP contribution < -0.4 is 4.74 Å². The van der Waals surface area contributed by atoms with Crippen LogP contribution in [-0.4, -0.2) is 10.9 Å². The number of allylic oxidation sites excluding steroid dienone is 1. The molecule has 2 rings (SSSR count). The summed E-state index contributed by atoms with van der Waals surface area (Å²) >= 11 is 6.16. The lowest BCUT2D eigenvalue weighted by Gasteiger charge is -2.07. The number of para-hydroxylation sites is 1. The van der Waals surface area contributed by atoms with Crippen LogP contribution in [-0.2, 0) is 0 Å². The fourth-order valence-electron chi connectivity index (χ4n) is 1.77. The molecule has 0 saturated heterocycles. The number of ether oxygens (including phenoxy) is 1. The minimum atomic E-state index is 0.440. The fourth-order valence-corrected chi connectivity index (χ4v) is 1.96. The molecule has 1 aromatic heterocycles. The van der Waals surface area contributed by atoms with Crippen molar-refractivity contribution >= 4 is 17.5 Å². The lowest BCUT2D eigenvalue weighted by Crippen LogP contribution is -2.11. The topological polar surface area (TPSA) is 37.4 Å². The molecule has 2 aromatic rings. The molecule has 0 atom stereocenters. The van der Waals surface area contributed by atoms with Crippen molar-refractivity contribution in [1.82, 2.24) is 4.98 Å². The van der Waals surface area contributed by atoms with Gasteiger partial charge in [-0.25, -0.2) is 0 Å². The van der Waals surface area contributed by atoms with Crippen LogP contribution >= 0.6 is 11.6 Å². The van der Waals surface area contributed by atoms with E-state index < -0.39 is 0 Å². The highest BCUT2D eigenvalue weighted by Crippen LogP contribution is 2.15. The van der Waals surface area contributed by atoms with Gasteiger partial charge < -0.3 is 9.72 Å². The van der Waals surface area contributed by atoms with Gasteiger partial charge in [0.25, 0.3) is 0 Å².